The summed E-state index contributed by atoms with van der Waals surface area (Å²) in [5.41, 5.74) is 11.2. The molecule has 0 spiro atoms. The molecule has 1 amide bonds. The second kappa shape index (κ2) is 4.55. The first-order chi connectivity index (χ1) is 7.68. The standard InChI is InChI=1S/C11H18N4O/c12-10-9(11(13)16)7-15(14-10)8-5-3-1-2-4-6-8/h7-8H,1-6H2,(H2,12,14)(H2,13,16). The number of rotatable bonds is 2. The van der Waals surface area contributed by atoms with E-state index in [4.69, 9.17) is 11.5 Å². The topological polar surface area (TPSA) is 86.9 Å². The third-order valence-corrected chi connectivity index (χ3v) is 3.22. The van der Waals surface area contributed by atoms with Crippen molar-refractivity contribution in [3.8, 4) is 0 Å². The van der Waals surface area contributed by atoms with E-state index in [9.17, 15) is 4.79 Å². The molecule has 1 aliphatic carbocycles. The van der Waals surface area contributed by atoms with Crippen molar-refractivity contribution >= 4 is 11.7 Å². The lowest BCUT2D eigenvalue weighted by Crippen LogP contribution is -2.12. The Labute approximate surface area is 94.8 Å². The Morgan fingerprint density at radius 2 is 1.94 bits per heavy atom. The summed E-state index contributed by atoms with van der Waals surface area (Å²) in [6, 6.07) is 0.373. The van der Waals surface area contributed by atoms with Crippen LogP contribution in [0.3, 0.4) is 0 Å². The van der Waals surface area contributed by atoms with Gasteiger partial charge >= 0.3 is 0 Å². The number of nitrogens with zero attached hydrogens (tertiary/aromatic N) is 2. The van der Waals surface area contributed by atoms with E-state index in [-0.39, 0.29) is 5.82 Å². The van der Waals surface area contributed by atoms with E-state index in [1.165, 1.54) is 25.7 Å². The van der Waals surface area contributed by atoms with Gasteiger partial charge in [-0.3, -0.25) is 9.48 Å². The van der Waals surface area contributed by atoms with Crippen molar-refractivity contribution in [2.45, 2.75) is 44.6 Å². The second-order valence-corrected chi connectivity index (χ2v) is 4.42. The zero-order valence-electron chi connectivity index (χ0n) is 9.35. The Kier molecular flexibility index (Phi) is 3.12. The fourth-order valence-electron chi connectivity index (χ4n) is 2.30. The maximum Gasteiger partial charge on any atom is 0.254 e. The van der Waals surface area contributed by atoms with Crippen LogP contribution in [-0.2, 0) is 0 Å². The minimum atomic E-state index is -0.502. The summed E-state index contributed by atoms with van der Waals surface area (Å²) >= 11 is 0. The van der Waals surface area contributed by atoms with Crippen LogP contribution < -0.4 is 11.5 Å². The molecule has 1 aliphatic rings. The van der Waals surface area contributed by atoms with E-state index in [1.807, 2.05) is 4.68 Å². The van der Waals surface area contributed by atoms with Gasteiger partial charge in [-0.15, -0.1) is 0 Å². The fraction of sp³-hybridized carbons (Fsp3) is 0.636. The minimum Gasteiger partial charge on any atom is -0.382 e. The van der Waals surface area contributed by atoms with Gasteiger partial charge in [-0.05, 0) is 12.8 Å². The third-order valence-electron chi connectivity index (χ3n) is 3.22. The Morgan fingerprint density at radius 1 is 1.31 bits per heavy atom. The van der Waals surface area contributed by atoms with Crippen molar-refractivity contribution < 1.29 is 4.79 Å². The molecule has 16 heavy (non-hydrogen) atoms. The van der Waals surface area contributed by atoms with Gasteiger partial charge in [0, 0.05) is 6.20 Å². The average Bonchev–Trinajstić information content (AvgIpc) is 2.50. The molecule has 1 aromatic rings. The monoisotopic (exact) mass is 222 g/mol. The van der Waals surface area contributed by atoms with E-state index in [0.29, 0.717) is 11.6 Å². The quantitative estimate of drug-likeness (QED) is 0.742. The molecule has 2 rings (SSSR count). The molecule has 0 atom stereocenters. The van der Waals surface area contributed by atoms with Crippen LogP contribution in [0.15, 0.2) is 6.20 Å². The van der Waals surface area contributed by atoms with Crippen LogP contribution in [0.1, 0.15) is 54.9 Å². The molecule has 5 heteroatoms. The van der Waals surface area contributed by atoms with Crippen molar-refractivity contribution in [1.82, 2.24) is 9.78 Å². The molecular weight excluding hydrogens is 204 g/mol. The maximum atomic E-state index is 11.1. The van der Waals surface area contributed by atoms with Crippen LogP contribution in [0.5, 0.6) is 0 Å². The molecule has 4 N–H and O–H groups in total. The molecule has 1 fully saturated rings. The van der Waals surface area contributed by atoms with Gasteiger partial charge in [-0.2, -0.15) is 5.10 Å². The molecule has 0 bridgehead atoms. The summed E-state index contributed by atoms with van der Waals surface area (Å²) in [6.45, 7) is 0. The summed E-state index contributed by atoms with van der Waals surface area (Å²) in [5.74, 6) is -0.255. The smallest absolute Gasteiger partial charge is 0.254 e. The van der Waals surface area contributed by atoms with Crippen molar-refractivity contribution in [3.63, 3.8) is 0 Å². The largest absolute Gasteiger partial charge is 0.382 e. The number of amides is 1. The van der Waals surface area contributed by atoms with Crippen molar-refractivity contribution in [1.29, 1.82) is 0 Å². The van der Waals surface area contributed by atoms with Gasteiger partial charge in [0.15, 0.2) is 5.82 Å². The highest BCUT2D eigenvalue weighted by atomic mass is 16.1. The summed E-state index contributed by atoms with van der Waals surface area (Å²) < 4.78 is 1.82. The molecule has 88 valence electrons. The molecule has 1 aromatic heterocycles. The van der Waals surface area contributed by atoms with E-state index in [2.05, 4.69) is 5.10 Å². The van der Waals surface area contributed by atoms with E-state index in [1.54, 1.807) is 6.20 Å². The number of nitrogen functional groups attached to an aromatic ring is 1. The second-order valence-electron chi connectivity index (χ2n) is 4.42. The van der Waals surface area contributed by atoms with Gasteiger partial charge in [0.2, 0.25) is 0 Å². The molecular formula is C11H18N4O. The van der Waals surface area contributed by atoms with Crippen molar-refractivity contribution in [2.24, 2.45) is 5.73 Å². The maximum absolute atomic E-state index is 11.1. The number of carbonyl (C=O) groups is 1. The van der Waals surface area contributed by atoms with Gasteiger partial charge < -0.3 is 11.5 Å². The molecule has 0 aromatic carbocycles. The Morgan fingerprint density at radius 3 is 2.44 bits per heavy atom. The van der Waals surface area contributed by atoms with Gasteiger partial charge in [0.05, 0.1) is 6.04 Å². The molecule has 0 saturated heterocycles. The molecule has 0 unspecified atom stereocenters. The van der Waals surface area contributed by atoms with Crippen molar-refractivity contribution in [3.05, 3.63) is 11.8 Å². The zero-order valence-corrected chi connectivity index (χ0v) is 9.35. The van der Waals surface area contributed by atoms with E-state index in [0.717, 1.165) is 12.8 Å². The van der Waals surface area contributed by atoms with Gasteiger partial charge in [0.25, 0.3) is 5.91 Å². The zero-order chi connectivity index (χ0) is 11.5. The molecule has 1 saturated carbocycles. The lowest BCUT2D eigenvalue weighted by atomic mass is 10.1. The number of anilines is 1. The number of carbonyl (C=O) groups excluding carboxylic acids is 1. The Balaban J connectivity index is 2.19. The van der Waals surface area contributed by atoms with Gasteiger partial charge in [0.1, 0.15) is 5.56 Å². The predicted molar refractivity (Wildman–Crippen MR) is 61.9 cm³/mol. The molecule has 0 aliphatic heterocycles. The summed E-state index contributed by atoms with van der Waals surface area (Å²) in [6.07, 6.45) is 8.92. The van der Waals surface area contributed by atoms with Crippen LogP contribution in [-0.4, -0.2) is 15.7 Å². The van der Waals surface area contributed by atoms with Crippen LogP contribution in [0.2, 0.25) is 0 Å². The first kappa shape index (κ1) is 11.0. The summed E-state index contributed by atoms with van der Waals surface area (Å²) in [5, 5.41) is 4.19. The number of hydrogen-bond donors (Lipinski definition) is 2. The number of primary amides is 1. The lowest BCUT2D eigenvalue weighted by Gasteiger charge is -2.13. The lowest BCUT2D eigenvalue weighted by molar-refractivity contribution is 0.100. The normalized spacial score (nSPS) is 18.2. The number of nitrogens with two attached hydrogens (primary N) is 2. The average molecular weight is 222 g/mol. The van der Waals surface area contributed by atoms with Crippen LogP contribution in [0.25, 0.3) is 0 Å². The minimum absolute atomic E-state index is 0.247. The fourth-order valence-corrected chi connectivity index (χ4v) is 2.30. The first-order valence-electron chi connectivity index (χ1n) is 5.83. The Bertz CT molecular complexity index is 377. The van der Waals surface area contributed by atoms with Gasteiger partial charge in [-0.25, -0.2) is 0 Å². The summed E-state index contributed by atoms with van der Waals surface area (Å²) in [4.78, 5) is 11.1. The highest BCUT2D eigenvalue weighted by Gasteiger charge is 2.18. The molecule has 0 radical (unpaired) electrons. The summed E-state index contributed by atoms with van der Waals surface area (Å²) in [7, 11) is 0. The number of hydrogen-bond acceptors (Lipinski definition) is 3. The number of aromatic nitrogens is 2. The van der Waals surface area contributed by atoms with Crippen LogP contribution in [0, 0.1) is 0 Å². The third kappa shape index (κ3) is 2.18. The van der Waals surface area contributed by atoms with Crippen LogP contribution >= 0.6 is 0 Å². The Hall–Kier alpha value is -1.52. The molecule has 5 nitrogen and oxygen atoms in total. The van der Waals surface area contributed by atoms with E-state index < -0.39 is 5.91 Å². The highest BCUT2D eigenvalue weighted by molar-refractivity contribution is 5.96. The van der Waals surface area contributed by atoms with E-state index >= 15 is 0 Å². The van der Waals surface area contributed by atoms with Gasteiger partial charge in [-0.1, -0.05) is 25.7 Å². The highest BCUT2D eigenvalue weighted by Crippen LogP contribution is 2.27. The molecule has 1 heterocycles. The first-order valence-corrected chi connectivity index (χ1v) is 5.83. The van der Waals surface area contributed by atoms with Crippen LogP contribution in [0.4, 0.5) is 5.82 Å². The van der Waals surface area contributed by atoms with Crippen molar-refractivity contribution in [2.75, 3.05) is 5.73 Å². The SMILES string of the molecule is NC(=O)c1cn(C2CCCCCC2)nc1N. The predicted octanol–water partition coefficient (Wildman–Crippen LogP) is 1.46.